The Kier molecular flexibility index (Phi) is 6.84. The maximum absolute atomic E-state index is 3.22. The zero-order chi connectivity index (χ0) is 8.53. The molecule has 0 radical (unpaired) electrons. The maximum Gasteiger partial charge on any atom is 0.0650 e. The van der Waals surface area contributed by atoms with E-state index in [2.05, 4.69) is 30.6 Å². The molecule has 2 nitrogen and oxygen atoms in total. The first-order chi connectivity index (χ1) is 5.31. The van der Waals surface area contributed by atoms with E-state index in [1.165, 1.54) is 5.70 Å². The molecule has 0 bridgehead atoms. The average molecular weight is 154 g/mol. The molecule has 0 fully saturated rings. The van der Waals surface area contributed by atoms with E-state index in [9.17, 15) is 0 Å². The van der Waals surface area contributed by atoms with Gasteiger partial charge in [-0.15, -0.1) is 0 Å². The highest BCUT2D eigenvalue weighted by Crippen LogP contribution is 1.85. The molecule has 0 aliphatic carbocycles. The lowest BCUT2D eigenvalue weighted by Gasteiger charge is -2.04. The summed E-state index contributed by atoms with van der Waals surface area (Å²) < 4.78 is 0. The fraction of sp³-hybridized carbons (Fsp3) is 0.556. The van der Waals surface area contributed by atoms with Gasteiger partial charge in [-0.2, -0.15) is 0 Å². The van der Waals surface area contributed by atoms with Crippen LogP contribution in [-0.2, 0) is 0 Å². The number of allylic oxidation sites excluding steroid dienone is 4. The topological polar surface area (TPSA) is 24.1 Å². The first-order valence-electron chi connectivity index (χ1n) is 4.05. The number of hydrogen-bond acceptors (Lipinski definition) is 2. The minimum absolute atomic E-state index is 0.844. The number of hydrogen-bond donors (Lipinski definition) is 2. The van der Waals surface area contributed by atoms with Crippen LogP contribution in [0.2, 0.25) is 0 Å². The van der Waals surface area contributed by atoms with Gasteiger partial charge in [0.25, 0.3) is 0 Å². The molecule has 0 aromatic rings. The van der Waals surface area contributed by atoms with E-state index in [-0.39, 0.29) is 0 Å². The SMILES string of the molecule is C/C=C\C=C(/C)NCNCC. The summed E-state index contributed by atoms with van der Waals surface area (Å²) >= 11 is 0. The molecular formula is C9H18N2. The van der Waals surface area contributed by atoms with Gasteiger partial charge >= 0.3 is 0 Å². The van der Waals surface area contributed by atoms with Gasteiger partial charge in [0.1, 0.15) is 0 Å². The van der Waals surface area contributed by atoms with E-state index >= 15 is 0 Å². The van der Waals surface area contributed by atoms with Crippen molar-refractivity contribution in [3.8, 4) is 0 Å². The highest BCUT2D eigenvalue weighted by Gasteiger charge is 1.82. The van der Waals surface area contributed by atoms with Crippen LogP contribution in [0, 0.1) is 0 Å². The van der Waals surface area contributed by atoms with Crippen LogP contribution in [0.5, 0.6) is 0 Å². The molecule has 0 saturated carbocycles. The highest BCUT2D eigenvalue weighted by atomic mass is 15.1. The highest BCUT2D eigenvalue weighted by molar-refractivity contribution is 5.07. The molecule has 0 aliphatic rings. The third-order valence-electron chi connectivity index (χ3n) is 1.28. The molecule has 2 N–H and O–H groups in total. The first kappa shape index (κ1) is 10.2. The van der Waals surface area contributed by atoms with Crippen molar-refractivity contribution in [2.24, 2.45) is 0 Å². The van der Waals surface area contributed by atoms with E-state index in [1.807, 2.05) is 19.1 Å². The van der Waals surface area contributed by atoms with E-state index < -0.39 is 0 Å². The van der Waals surface area contributed by atoms with Gasteiger partial charge in [-0.05, 0) is 26.5 Å². The lowest BCUT2D eigenvalue weighted by molar-refractivity contribution is 0.656. The van der Waals surface area contributed by atoms with Gasteiger partial charge in [0, 0.05) is 5.70 Å². The predicted molar refractivity (Wildman–Crippen MR) is 50.3 cm³/mol. The molecule has 0 atom stereocenters. The Bertz CT molecular complexity index is 136. The van der Waals surface area contributed by atoms with Crippen molar-refractivity contribution < 1.29 is 0 Å². The molecule has 0 spiro atoms. The molecule has 0 aromatic heterocycles. The Morgan fingerprint density at radius 3 is 2.73 bits per heavy atom. The molecule has 0 aromatic carbocycles. The van der Waals surface area contributed by atoms with Crippen molar-refractivity contribution >= 4 is 0 Å². The van der Waals surface area contributed by atoms with Crippen LogP contribution < -0.4 is 10.6 Å². The van der Waals surface area contributed by atoms with Crippen molar-refractivity contribution in [3.05, 3.63) is 23.9 Å². The minimum Gasteiger partial charge on any atom is -0.376 e. The Morgan fingerprint density at radius 1 is 1.45 bits per heavy atom. The fourth-order valence-corrected chi connectivity index (χ4v) is 0.626. The van der Waals surface area contributed by atoms with Crippen molar-refractivity contribution in [1.82, 2.24) is 10.6 Å². The van der Waals surface area contributed by atoms with Gasteiger partial charge in [0.2, 0.25) is 0 Å². The van der Waals surface area contributed by atoms with Gasteiger partial charge in [0.15, 0.2) is 0 Å². The van der Waals surface area contributed by atoms with Crippen molar-refractivity contribution in [3.63, 3.8) is 0 Å². The van der Waals surface area contributed by atoms with Gasteiger partial charge in [-0.3, -0.25) is 0 Å². The van der Waals surface area contributed by atoms with E-state index in [4.69, 9.17) is 0 Å². The molecule has 0 unspecified atom stereocenters. The second-order valence-electron chi connectivity index (χ2n) is 2.33. The quantitative estimate of drug-likeness (QED) is 0.357. The van der Waals surface area contributed by atoms with Gasteiger partial charge in [0.05, 0.1) is 6.67 Å². The summed E-state index contributed by atoms with van der Waals surface area (Å²) in [5, 5.41) is 6.40. The zero-order valence-electron chi connectivity index (χ0n) is 7.65. The molecule has 0 heterocycles. The molecule has 0 rings (SSSR count). The van der Waals surface area contributed by atoms with Crippen LogP contribution >= 0.6 is 0 Å². The van der Waals surface area contributed by atoms with Crippen molar-refractivity contribution in [2.75, 3.05) is 13.2 Å². The largest absolute Gasteiger partial charge is 0.376 e. The number of nitrogens with one attached hydrogen (secondary N) is 2. The van der Waals surface area contributed by atoms with Crippen LogP contribution in [0.3, 0.4) is 0 Å². The smallest absolute Gasteiger partial charge is 0.0650 e. The van der Waals surface area contributed by atoms with Gasteiger partial charge < -0.3 is 10.6 Å². The molecule has 0 amide bonds. The van der Waals surface area contributed by atoms with Gasteiger partial charge in [-0.25, -0.2) is 0 Å². The minimum atomic E-state index is 0.844. The van der Waals surface area contributed by atoms with Crippen LogP contribution in [0.1, 0.15) is 20.8 Å². The summed E-state index contributed by atoms with van der Waals surface area (Å²) in [4.78, 5) is 0. The van der Waals surface area contributed by atoms with E-state index in [0.29, 0.717) is 0 Å². The van der Waals surface area contributed by atoms with E-state index in [0.717, 1.165) is 13.2 Å². The van der Waals surface area contributed by atoms with Crippen LogP contribution in [-0.4, -0.2) is 13.2 Å². The summed E-state index contributed by atoms with van der Waals surface area (Å²) in [6, 6.07) is 0. The average Bonchev–Trinajstić information content (AvgIpc) is 2.01. The molecule has 0 saturated heterocycles. The standard InChI is InChI=1S/C9H18N2/c1-4-6-7-9(3)11-8-10-5-2/h4,6-7,10-11H,5,8H2,1-3H3/b6-4-,9-7+. The summed E-state index contributed by atoms with van der Waals surface area (Å²) in [5.74, 6) is 0. The Hall–Kier alpha value is -0.760. The van der Waals surface area contributed by atoms with Crippen LogP contribution in [0.4, 0.5) is 0 Å². The molecule has 0 aliphatic heterocycles. The molecule has 2 heteroatoms. The van der Waals surface area contributed by atoms with Crippen LogP contribution in [0.15, 0.2) is 23.9 Å². The normalized spacial score (nSPS) is 12.5. The van der Waals surface area contributed by atoms with Gasteiger partial charge in [-0.1, -0.05) is 19.1 Å². The molecule has 11 heavy (non-hydrogen) atoms. The summed E-state index contributed by atoms with van der Waals surface area (Å²) in [5.41, 5.74) is 1.18. The van der Waals surface area contributed by atoms with Crippen molar-refractivity contribution in [1.29, 1.82) is 0 Å². The zero-order valence-corrected chi connectivity index (χ0v) is 7.65. The molecule has 64 valence electrons. The maximum atomic E-state index is 3.22. The lowest BCUT2D eigenvalue weighted by Crippen LogP contribution is -2.27. The third kappa shape index (κ3) is 7.13. The second kappa shape index (κ2) is 7.35. The Morgan fingerprint density at radius 2 is 2.18 bits per heavy atom. The predicted octanol–water partition coefficient (Wildman–Crippen LogP) is 1.62. The summed E-state index contributed by atoms with van der Waals surface area (Å²) in [7, 11) is 0. The summed E-state index contributed by atoms with van der Waals surface area (Å²) in [6.07, 6.45) is 6.09. The van der Waals surface area contributed by atoms with E-state index in [1.54, 1.807) is 0 Å². The first-order valence-corrected chi connectivity index (χ1v) is 4.05. The Balaban J connectivity index is 3.42. The third-order valence-corrected chi connectivity index (χ3v) is 1.28. The Labute approximate surface area is 69.4 Å². The summed E-state index contributed by atoms with van der Waals surface area (Å²) in [6.45, 7) is 8.00. The van der Waals surface area contributed by atoms with Crippen molar-refractivity contribution in [2.45, 2.75) is 20.8 Å². The monoisotopic (exact) mass is 154 g/mol. The molecular weight excluding hydrogens is 136 g/mol. The lowest BCUT2D eigenvalue weighted by atomic mass is 10.4. The van der Waals surface area contributed by atoms with Crippen LogP contribution in [0.25, 0.3) is 0 Å². The number of rotatable bonds is 5. The second-order valence-corrected chi connectivity index (χ2v) is 2.33. The fourth-order valence-electron chi connectivity index (χ4n) is 0.626.